The number of carbonyl (C=O) groups is 1. The number of allylic oxidation sites excluding steroid dienone is 1. The fourth-order valence-corrected chi connectivity index (χ4v) is 6.37. The van der Waals surface area contributed by atoms with E-state index in [0.29, 0.717) is 55.2 Å². The molecule has 0 aliphatic carbocycles. The molecule has 0 unspecified atom stereocenters. The molecule has 2 heterocycles. The van der Waals surface area contributed by atoms with Gasteiger partial charge in [0.25, 0.3) is 5.56 Å². The Bertz CT molecular complexity index is 1880. The number of carbonyl (C=O) groups excluding carboxylic acids is 1. The summed E-state index contributed by atoms with van der Waals surface area (Å²) in [6.07, 6.45) is 3.01. The summed E-state index contributed by atoms with van der Waals surface area (Å²) in [7, 11) is 1.55. The topological polar surface area (TPSA) is 79.1 Å². The maximum Gasteiger partial charge on any atom is 0.338 e. The Kier molecular flexibility index (Phi) is 9.57. The van der Waals surface area contributed by atoms with Crippen molar-refractivity contribution in [3.63, 3.8) is 0 Å². The number of rotatable bonds is 10. The highest BCUT2D eigenvalue weighted by Gasteiger charge is 2.36. The van der Waals surface area contributed by atoms with E-state index < -0.39 is 12.0 Å². The molecule has 0 fully saturated rings. The van der Waals surface area contributed by atoms with Crippen LogP contribution in [-0.4, -0.2) is 24.3 Å². The molecule has 10 heteroatoms. The Morgan fingerprint density at radius 3 is 2.60 bits per heavy atom. The zero-order valence-corrected chi connectivity index (χ0v) is 26.3. The third-order valence-corrected chi connectivity index (χ3v) is 8.40. The number of para-hydroxylation sites is 1. The van der Waals surface area contributed by atoms with Gasteiger partial charge in [-0.05, 0) is 49.8 Å². The van der Waals surface area contributed by atoms with Crippen molar-refractivity contribution in [3.8, 4) is 11.5 Å². The number of fused-ring (bicyclic) bond motifs is 1. The second kappa shape index (κ2) is 13.5. The molecule has 1 aliphatic heterocycles. The number of nitrogens with zero attached hydrogens (tertiary/aromatic N) is 2. The third kappa shape index (κ3) is 6.35. The Labute approximate surface area is 260 Å². The summed E-state index contributed by atoms with van der Waals surface area (Å²) >= 11 is 4.77. The lowest BCUT2D eigenvalue weighted by Gasteiger charge is -2.27. The molecule has 1 aliphatic rings. The van der Waals surface area contributed by atoms with E-state index in [-0.39, 0.29) is 24.6 Å². The molecule has 1 aromatic heterocycles. The third-order valence-electron chi connectivity index (χ3n) is 6.93. The van der Waals surface area contributed by atoms with Crippen LogP contribution in [0, 0.1) is 5.82 Å². The van der Waals surface area contributed by atoms with Crippen LogP contribution in [0.3, 0.4) is 0 Å². The molecule has 3 aromatic carbocycles. The Hall–Kier alpha value is -4.02. The second-order valence-electron chi connectivity index (χ2n) is 9.72. The monoisotopic (exact) mass is 664 g/mol. The SMILES string of the molecule is CCCC1=C(C(=O)OCC)[C@H](c2cc(Br)ccc2OC)n2c(s/c(=C/c3ccccc3OCc3ccccc3F)c2=O)=N1. The first-order valence-corrected chi connectivity index (χ1v) is 15.5. The number of methoxy groups -OCH3 is 1. The minimum Gasteiger partial charge on any atom is -0.496 e. The summed E-state index contributed by atoms with van der Waals surface area (Å²) < 4.78 is 34.1. The summed E-state index contributed by atoms with van der Waals surface area (Å²) in [5.74, 6) is 0.148. The van der Waals surface area contributed by atoms with Gasteiger partial charge in [0.2, 0.25) is 0 Å². The predicted molar refractivity (Wildman–Crippen MR) is 168 cm³/mol. The van der Waals surface area contributed by atoms with Gasteiger partial charge >= 0.3 is 5.97 Å². The van der Waals surface area contributed by atoms with Gasteiger partial charge in [0.1, 0.15) is 30.0 Å². The van der Waals surface area contributed by atoms with Gasteiger partial charge in [-0.1, -0.05) is 77.0 Å². The van der Waals surface area contributed by atoms with Crippen molar-refractivity contribution < 1.29 is 23.4 Å². The fourth-order valence-electron chi connectivity index (χ4n) is 4.98. The quantitative estimate of drug-likeness (QED) is 0.192. The first-order valence-electron chi connectivity index (χ1n) is 13.9. The van der Waals surface area contributed by atoms with Gasteiger partial charge in [0.15, 0.2) is 4.80 Å². The minimum atomic E-state index is -0.820. The number of thiazole rings is 1. The van der Waals surface area contributed by atoms with Crippen LogP contribution in [0.1, 0.15) is 49.4 Å². The number of esters is 1. The number of aromatic nitrogens is 1. The maximum atomic E-state index is 14.2. The van der Waals surface area contributed by atoms with Crippen molar-refractivity contribution in [3.05, 3.63) is 125 Å². The minimum absolute atomic E-state index is 0.0325. The van der Waals surface area contributed by atoms with Crippen molar-refractivity contribution in [2.45, 2.75) is 39.3 Å². The molecule has 0 saturated carbocycles. The number of ether oxygens (including phenoxy) is 3. The van der Waals surface area contributed by atoms with Crippen molar-refractivity contribution in [1.82, 2.24) is 4.57 Å². The van der Waals surface area contributed by atoms with Gasteiger partial charge in [0, 0.05) is 21.2 Å². The molecule has 222 valence electrons. The molecule has 0 bridgehead atoms. The maximum absolute atomic E-state index is 14.2. The molecule has 0 saturated heterocycles. The molecular formula is C33H30BrFN2O5S. The summed E-state index contributed by atoms with van der Waals surface area (Å²) in [6.45, 7) is 3.96. The predicted octanol–water partition coefficient (Wildman–Crippen LogP) is 6.07. The van der Waals surface area contributed by atoms with Gasteiger partial charge in [-0.25, -0.2) is 14.2 Å². The average molecular weight is 666 g/mol. The molecule has 0 radical (unpaired) electrons. The lowest BCUT2D eigenvalue weighted by Crippen LogP contribution is -2.40. The Morgan fingerprint density at radius 1 is 1.09 bits per heavy atom. The zero-order valence-electron chi connectivity index (χ0n) is 23.9. The van der Waals surface area contributed by atoms with E-state index in [4.69, 9.17) is 19.2 Å². The van der Waals surface area contributed by atoms with Gasteiger partial charge in [-0.2, -0.15) is 0 Å². The van der Waals surface area contributed by atoms with Crippen LogP contribution < -0.4 is 24.4 Å². The Morgan fingerprint density at radius 2 is 1.86 bits per heavy atom. The molecule has 43 heavy (non-hydrogen) atoms. The van der Waals surface area contributed by atoms with E-state index in [2.05, 4.69) is 15.9 Å². The van der Waals surface area contributed by atoms with Crippen LogP contribution in [0.15, 0.2) is 92.3 Å². The van der Waals surface area contributed by atoms with Crippen LogP contribution in [0.2, 0.25) is 0 Å². The smallest absolute Gasteiger partial charge is 0.338 e. The number of halogens is 2. The van der Waals surface area contributed by atoms with Crippen LogP contribution in [0.25, 0.3) is 6.08 Å². The first kappa shape index (κ1) is 30.4. The van der Waals surface area contributed by atoms with Crippen LogP contribution in [0.4, 0.5) is 4.39 Å². The molecule has 0 amide bonds. The standard InChI is InChI=1S/C33H30BrFN2O5S/c1-4-10-25-29(32(39)41-5-2)30(23-18-22(34)15-16-27(23)40-3)37-31(38)28(43-33(37)36-25)17-20-11-7-9-14-26(20)42-19-21-12-6-8-13-24(21)35/h6-9,11-18,30H,4-5,10,19H2,1-3H3/b28-17+/t30-/m0/s1. The van der Waals surface area contributed by atoms with E-state index in [1.807, 2.05) is 37.3 Å². The van der Waals surface area contributed by atoms with Gasteiger partial charge < -0.3 is 14.2 Å². The molecule has 4 aromatic rings. The molecule has 1 atom stereocenters. The Balaban J connectivity index is 1.68. The zero-order chi connectivity index (χ0) is 30.5. The highest BCUT2D eigenvalue weighted by molar-refractivity contribution is 9.10. The van der Waals surface area contributed by atoms with Crippen LogP contribution >= 0.6 is 27.3 Å². The molecular weight excluding hydrogens is 635 g/mol. The largest absolute Gasteiger partial charge is 0.496 e. The normalized spacial score (nSPS) is 14.7. The number of benzene rings is 3. The summed E-state index contributed by atoms with van der Waals surface area (Å²) in [4.78, 5) is 32.9. The van der Waals surface area contributed by atoms with E-state index >= 15 is 0 Å². The van der Waals surface area contributed by atoms with Gasteiger partial charge in [-0.3, -0.25) is 9.36 Å². The van der Waals surface area contributed by atoms with E-state index in [1.165, 1.54) is 22.0 Å². The molecule has 7 nitrogen and oxygen atoms in total. The van der Waals surface area contributed by atoms with Crippen molar-refractivity contribution >= 4 is 39.3 Å². The summed E-state index contributed by atoms with van der Waals surface area (Å²) in [5.41, 5.74) is 2.28. The van der Waals surface area contributed by atoms with Crippen LogP contribution in [-0.2, 0) is 16.1 Å². The first-order chi connectivity index (χ1) is 20.9. The lowest BCUT2D eigenvalue weighted by atomic mass is 9.93. The van der Waals surface area contributed by atoms with Crippen molar-refractivity contribution in [2.75, 3.05) is 13.7 Å². The summed E-state index contributed by atoms with van der Waals surface area (Å²) in [5, 5.41) is 0. The van der Waals surface area contributed by atoms with Crippen LogP contribution in [0.5, 0.6) is 11.5 Å². The van der Waals surface area contributed by atoms with Gasteiger partial charge in [-0.15, -0.1) is 0 Å². The second-order valence-corrected chi connectivity index (χ2v) is 11.6. The van der Waals surface area contributed by atoms with Gasteiger partial charge in [0.05, 0.1) is 29.5 Å². The summed E-state index contributed by atoms with van der Waals surface area (Å²) in [6, 6.07) is 18.4. The van der Waals surface area contributed by atoms with E-state index in [9.17, 15) is 14.0 Å². The van der Waals surface area contributed by atoms with E-state index in [0.717, 1.165) is 10.9 Å². The molecule has 0 N–H and O–H groups in total. The van der Waals surface area contributed by atoms with E-state index in [1.54, 1.807) is 50.4 Å². The molecule has 5 rings (SSSR count). The fraction of sp³-hybridized carbons (Fsp3) is 0.242. The number of hydrogen-bond acceptors (Lipinski definition) is 7. The average Bonchev–Trinajstić information content (AvgIpc) is 3.31. The molecule has 0 spiro atoms. The lowest BCUT2D eigenvalue weighted by molar-refractivity contribution is -0.139. The number of hydrogen-bond donors (Lipinski definition) is 0. The van der Waals surface area contributed by atoms with Crippen molar-refractivity contribution in [1.29, 1.82) is 0 Å². The highest BCUT2D eigenvalue weighted by atomic mass is 79.9. The highest BCUT2D eigenvalue weighted by Crippen LogP contribution is 2.38. The van der Waals surface area contributed by atoms with Crippen molar-refractivity contribution in [2.24, 2.45) is 4.99 Å².